The number of hydrogen-bond acceptors (Lipinski definition) is 5. The first kappa shape index (κ1) is 14.6. The quantitative estimate of drug-likeness (QED) is 0.931. The van der Waals surface area contributed by atoms with Crippen LogP contribution in [0.3, 0.4) is 0 Å². The summed E-state index contributed by atoms with van der Waals surface area (Å²) in [5.74, 6) is 0.487. The number of furan rings is 1. The van der Waals surface area contributed by atoms with E-state index in [1.54, 1.807) is 17.2 Å². The summed E-state index contributed by atoms with van der Waals surface area (Å²) in [6, 6.07) is 1.73. The number of H-pyrrole nitrogens is 1. The zero-order valence-electron chi connectivity index (χ0n) is 12.5. The summed E-state index contributed by atoms with van der Waals surface area (Å²) in [4.78, 5) is 25.5. The zero-order valence-corrected chi connectivity index (χ0v) is 12.5. The van der Waals surface area contributed by atoms with E-state index in [1.165, 1.54) is 0 Å². The lowest BCUT2D eigenvalue weighted by Gasteiger charge is -2.31. The van der Waals surface area contributed by atoms with Crippen molar-refractivity contribution in [1.29, 1.82) is 0 Å². The van der Waals surface area contributed by atoms with E-state index < -0.39 is 5.76 Å². The molecule has 1 unspecified atom stereocenters. The van der Waals surface area contributed by atoms with Crippen molar-refractivity contribution in [3.05, 3.63) is 40.1 Å². The Morgan fingerprint density at radius 1 is 1.55 bits per heavy atom. The van der Waals surface area contributed by atoms with Gasteiger partial charge in [0.15, 0.2) is 0 Å². The third kappa shape index (κ3) is 2.84. The standard InChI is InChI=1S/C15H19N3O4/c1-2-4-12-11(6-8-21-12)14(19)18-7-3-5-10(9-18)13-16-17-15(20)22-13/h6,8,10H,2-5,7,9H2,1H3,(H,17,20). The normalized spacial score (nSPS) is 18.6. The van der Waals surface area contributed by atoms with Crippen molar-refractivity contribution in [2.45, 2.75) is 38.5 Å². The molecule has 118 valence electrons. The van der Waals surface area contributed by atoms with E-state index in [4.69, 9.17) is 8.83 Å². The van der Waals surface area contributed by atoms with E-state index in [0.29, 0.717) is 24.5 Å². The van der Waals surface area contributed by atoms with Crippen LogP contribution in [0.25, 0.3) is 0 Å². The number of amides is 1. The molecule has 1 aliphatic rings. The first-order chi connectivity index (χ1) is 10.7. The van der Waals surface area contributed by atoms with Crippen molar-refractivity contribution in [2.24, 2.45) is 0 Å². The number of hydrogen-bond donors (Lipinski definition) is 1. The average molecular weight is 305 g/mol. The Hall–Kier alpha value is -2.31. The summed E-state index contributed by atoms with van der Waals surface area (Å²) in [6.45, 7) is 3.25. The minimum Gasteiger partial charge on any atom is -0.469 e. The predicted molar refractivity (Wildman–Crippen MR) is 77.7 cm³/mol. The van der Waals surface area contributed by atoms with E-state index in [-0.39, 0.29) is 11.8 Å². The second-order valence-corrected chi connectivity index (χ2v) is 5.55. The van der Waals surface area contributed by atoms with Crippen LogP contribution < -0.4 is 5.76 Å². The molecule has 0 spiro atoms. The van der Waals surface area contributed by atoms with Gasteiger partial charge < -0.3 is 13.7 Å². The van der Waals surface area contributed by atoms with Crippen molar-refractivity contribution in [2.75, 3.05) is 13.1 Å². The average Bonchev–Trinajstić information content (AvgIpc) is 3.16. The number of nitrogens with one attached hydrogen (secondary N) is 1. The Bertz CT molecular complexity index is 699. The number of aromatic nitrogens is 2. The second-order valence-electron chi connectivity index (χ2n) is 5.55. The fourth-order valence-electron chi connectivity index (χ4n) is 2.90. The SMILES string of the molecule is CCCc1occc1C(=O)N1CCCC(c2n[nH]c(=O)o2)C1. The Balaban J connectivity index is 1.75. The molecule has 0 saturated carbocycles. The fourth-order valence-corrected chi connectivity index (χ4v) is 2.90. The lowest BCUT2D eigenvalue weighted by Crippen LogP contribution is -2.39. The van der Waals surface area contributed by atoms with E-state index in [2.05, 4.69) is 10.2 Å². The predicted octanol–water partition coefficient (Wildman–Crippen LogP) is 1.93. The smallest absolute Gasteiger partial charge is 0.434 e. The Labute approximate surface area is 127 Å². The van der Waals surface area contributed by atoms with Crippen molar-refractivity contribution >= 4 is 5.91 Å². The van der Waals surface area contributed by atoms with E-state index in [9.17, 15) is 9.59 Å². The highest BCUT2D eigenvalue weighted by atomic mass is 16.4. The number of nitrogens with zero attached hydrogens (tertiary/aromatic N) is 2. The molecule has 0 radical (unpaired) electrons. The van der Waals surface area contributed by atoms with Gasteiger partial charge in [0.25, 0.3) is 5.91 Å². The first-order valence-corrected chi connectivity index (χ1v) is 7.60. The van der Waals surface area contributed by atoms with Crippen LogP contribution >= 0.6 is 0 Å². The molecule has 7 nitrogen and oxygen atoms in total. The van der Waals surface area contributed by atoms with Crippen LogP contribution in [-0.2, 0) is 6.42 Å². The van der Waals surface area contributed by atoms with Crippen LogP contribution in [0.5, 0.6) is 0 Å². The van der Waals surface area contributed by atoms with Crippen LogP contribution in [-0.4, -0.2) is 34.1 Å². The summed E-state index contributed by atoms with van der Waals surface area (Å²) in [5.41, 5.74) is 0.631. The minimum atomic E-state index is -0.557. The van der Waals surface area contributed by atoms with E-state index in [0.717, 1.165) is 31.4 Å². The summed E-state index contributed by atoms with van der Waals surface area (Å²) in [5, 5.41) is 6.16. The van der Waals surface area contributed by atoms with Gasteiger partial charge in [-0.05, 0) is 25.3 Å². The minimum absolute atomic E-state index is 0.0280. The highest BCUT2D eigenvalue weighted by molar-refractivity contribution is 5.95. The molecule has 1 aliphatic heterocycles. The molecule has 0 bridgehead atoms. The largest absolute Gasteiger partial charge is 0.469 e. The summed E-state index contributed by atoms with van der Waals surface area (Å²) in [6.07, 6.45) is 4.94. The van der Waals surface area contributed by atoms with E-state index in [1.807, 2.05) is 6.92 Å². The molecular formula is C15H19N3O4. The van der Waals surface area contributed by atoms with Gasteiger partial charge in [0.2, 0.25) is 5.89 Å². The van der Waals surface area contributed by atoms with Gasteiger partial charge in [-0.25, -0.2) is 9.89 Å². The fraction of sp³-hybridized carbons (Fsp3) is 0.533. The van der Waals surface area contributed by atoms with Gasteiger partial charge in [0.05, 0.1) is 17.7 Å². The van der Waals surface area contributed by atoms with Gasteiger partial charge in [-0.2, -0.15) is 0 Å². The summed E-state index contributed by atoms with van der Waals surface area (Å²) < 4.78 is 10.4. The molecule has 2 aromatic heterocycles. The van der Waals surface area contributed by atoms with Crippen LogP contribution in [0.4, 0.5) is 0 Å². The monoisotopic (exact) mass is 305 g/mol. The lowest BCUT2D eigenvalue weighted by atomic mass is 9.97. The first-order valence-electron chi connectivity index (χ1n) is 7.60. The molecule has 22 heavy (non-hydrogen) atoms. The third-order valence-electron chi connectivity index (χ3n) is 3.97. The van der Waals surface area contributed by atoms with Gasteiger partial charge in [-0.15, -0.1) is 5.10 Å². The molecule has 3 rings (SSSR count). The third-order valence-corrected chi connectivity index (χ3v) is 3.97. The number of rotatable bonds is 4. The number of carbonyl (C=O) groups excluding carboxylic acids is 1. The van der Waals surface area contributed by atoms with Crippen LogP contribution in [0, 0.1) is 0 Å². The highest BCUT2D eigenvalue weighted by Gasteiger charge is 2.30. The number of likely N-dealkylation sites (tertiary alicyclic amines) is 1. The van der Waals surface area contributed by atoms with E-state index >= 15 is 0 Å². The van der Waals surface area contributed by atoms with Gasteiger partial charge in [-0.1, -0.05) is 6.92 Å². The zero-order chi connectivity index (χ0) is 15.5. The van der Waals surface area contributed by atoms with Crippen molar-refractivity contribution in [3.8, 4) is 0 Å². The van der Waals surface area contributed by atoms with Crippen LogP contribution in [0.1, 0.15) is 54.1 Å². The molecule has 1 fully saturated rings. The molecule has 1 saturated heterocycles. The molecule has 1 atom stereocenters. The molecule has 0 aliphatic carbocycles. The lowest BCUT2D eigenvalue weighted by molar-refractivity contribution is 0.0695. The Morgan fingerprint density at radius 3 is 3.14 bits per heavy atom. The summed E-state index contributed by atoms with van der Waals surface area (Å²) >= 11 is 0. The molecule has 1 amide bonds. The second kappa shape index (κ2) is 6.21. The maximum absolute atomic E-state index is 12.7. The number of carbonyl (C=O) groups is 1. The van der Waals surface area contributed by atoms with Crippen molar-refractivity contribution in [1.82, 2.24) is 15.1 Å². The number of piperidine rings is 1. The number of aryl methyl sites for hydroxylation is 1. The molecule has 1 N–H and O–H groups in total. The van der Waals surface area contributed by atoms with Gasteiger partial charge in [0.1, 0.15) is 5.76 Å². The molecule has 7 heteroatoms. The number of aromatic amines is 1. The molecule has 0 aromatic carbocycles. The van der Waals surface area contributed by atoms with Gasteiger partial charge >= 0.3 is 5.76 Å². The van der Waals surface area contributed by atoms with Crippen molar-refractivity contribution in [3.63, 3.8) is 0 Å². The topological polar surface area (TPSA) is 92.3 Å². The van der Waals surface area contributed by atoms with Crippen LogP contribution in [0.2, 0.25) is 0 Å². The van der Waals surface area contributed by atoms with Gasteiger partial charge in [-0.3, -0.25) is 4.79 Å². The molecular weight excluding hydrogens is 286 g/mol. The summed E-state index contributed by atoms with van der Waals surface area (Å²) in [7, 11) is 0. The molecule has 3 heterocycles. The molecule has 2 aromatic rings. The Morgan fingerprint density at radius 2 is 2.41 bits per heavy atom. The maximum Gasteiger partial charge on any atom is 0.434 e. The van der Waals surface area contributed by atoms with Crippen LogP contribution in [0.15, 0.2) is 26.0 Å². The van der Waals surface area contributed by atoms with Gasteiger partial charge in [0, 0.05) is 19.5 Å². The van der Waals surface area contributed by atoms with Crippen molar-refractivity contribution < 1.29 is 13.6 Å². The maximum atomic E-state index is 12.7. The Kier molecular flexibility index (Phi) is 4.13. The highest BCUT2D eigenvalue weighted by Crippen LogP contribution is 2.26.